The van der Waals surface area contributed by atoms with Gasteiger partial charge in [0.25, 0.3) is 0 Å². The summed E-state index contributed by atoms with van der Waals surface area (Å²) in [6, 6.07) is 11.4. The molecule has 19 heavy (non-hydrogen) atoms. The second-order valence-corrected chi connectivity index (χ2v) is 5.59. The van der Waals surface area contributed by atoms with Gasteiger partial charge in [-0.05, 0) is 44.4 Å². The van der Waals surface area contributed by atoms with Gasteiger partial charge in [-0.15, -0.1) is 0 Å². The summed E-state index contributed by atoms with van der Waals surface area (Å²) >= 11 is 0. The Hall–Kier alpha value is -1.02. The number of nitrogens with one attached hydrogen (secondary N) is 1. The van der Waals surface area contributed by atoms with Crippen molar-refractivity contribution in [2.75, 3.05) is 25.0 Å². The molecular formula is C17H28N2. The van der Waals surface area contributed by atoms with Crippen molar-refractivity contribution in [2.45, 2.75) is 51.5 Å². The maximum Gasteiger partial charge on any atom is 0.0340 e. The fourth-order valence-corrected chi connectivity index (χ4v) is 3.06. The third-order valence-electron chi connectivity index (χ3n) is 4.20. The predicted molar refractivity (Wildman–Crippen MR) is 83.7 cm³/mol. The van der Waals surface area contributed by atoms with Crippen LogP contribution in [0.3, 0.4) is 0 Å². The van der Waals surface area contributed by atoms with Gasteiger partial charge in [-0.2, -0.15) is 0 Å². The van der Waals surface area contributed by atoms with Crippen LogP contribution in [0.5, 0.6) is 0 Å². The normalized spacial score (nSPS) is 21.0. The van der Waals surface area contributed by atoms with Crippen molar-refractivity contribution in [3.63, 3.8) is 0 Å². The standard InChI is InChI=1S/C17H28N2/c1-2-17-12-7-4-8-14-19(17)15-9-13-18-16-10-5-3-6-11-16/h3,5-6,10-11,17-18H,2,4,7-9,12-15H2,1H3. The molecule has 1 saturated heterocycles. The van der Waals surface area contributed by atoms with Crippen molar-refractivity contribution in [3.8, 4) is 0 Å². The first-order valence-electron chi connectivity index (χ1n) is 7.93. The number of anilines is 1. The molecule has 1 atom stereocenters. The monoisotopic (exact) mass is 260 g/mol. The van der Waals surface area contributed by atoms with Gasteiger partial charge >= 0.3 is 0 Å². The topological polar surface area (TPSA) is 15.3 Å². The second-order valence-electron chi connectivity index (χ2n) is 5.59. The van der Waals surface area contributed by atoms with Gasteiger partial charge in [0, 0.05) is 24.8 Å². The van der Waals surface area contributed by atoms with Crippen LogP contribution in [0, 0.1) is 0 Å². The molecule has 106 valence electrons. The molecule has 2 rings (SSSR count). The van der Waals surface area contributed by atoms with E-state index in [4.69, 9.17) is 0 Å². The highest BCUT2D eigenvalue weighted by Crippen LogP contribution is 2.19. The van der Waals surface area contributed by atoms with Crippen molar-refractivity contribution in [3.05, 3.63) is 30.3 Å². The van der Waals surface area contributed by atoms with E-state index in [9.17, 15) is 0 Å². The highest BCUT2D eigenvalue weighted by molar-refractivity contribution is 5.42. The minimum Gasteiger partial charge on any atom is -0.385 e. The summed E-state index contributed by atoms with van der Waals surface area (Å²) in [7, 11) is 0. The quantitative estimate of drug-likeness (QED) is 0.773. The summed E-state index contributed by atoms with van der Waals surface area (Å²) in [6.45, 7) is 5.98. The Morgan fingerprint density at radius 3 is 2.79 bits per heavy atom. The molecule has 0 bridgehead atoms. The molecule has 0 spiro atoms. The van der Waals surface area contributed by atoms with E-state index in [-0.39, 0.29) is 0 Å². The number of likely N-dealkylation sites (tertiary alicyclic amines) is 1. The number of para-hydroxylation sites is 1. The fourth-order valence-electron chi connectivity index (χ4n) is 3.06. The van der Waals surface area contributed by atoms with Crippen molar-refractivity contribution in [1.29, 1.82) is 0 Å². The number of hydrogen-bond acceptors (Lipinski definition) is 2. The van der Waals surface area contributed by atoms with Crippen LogP contribution in [0.1, 0.15) is 45.4 Å². The molecule has 2 heteroatoms. The maximum atomic E-state index is 3.51. The van der Waals surface area contributed by atoms with Crippen LogP contribution < -0.4 is 5.32 Å². The molecule has 1 aromatic rings. The average molecular weight is 260 g/mol. The summed E-state index contributed by atoms with van der Waals surface area (Å²) in [5, 5.41) is 3.51. The van der Waals surface area contributed by atoms with E-state index in [2.05, 4.69) is 47.5 Å². The lowest BCUT2D eigenvalue weighted by atomic mass is 10.1. The molecule has 1 unspecified atom stereocenters. The first-order chi connectivity index (χ1) is 9.40. The maximum absolute atomic E-state index is 3.51. The third kappa shape index (κ3) is 4.87. The predicted octanol–water partition coefficient (Wildman–Crippen LogP) is 4.14. The Balaban J connectivity index is 1.69. The zero-order valence-corrected chi connectivity index (χ0v) is 12.3. The second kappa shape index (κ2) is 8.21. The smallest absolute Gasteiger partial charge is 0.0340 e. The van der Waals surface area contributed by atoms with E-state index in [1.165, 1.54) is 57.3 Å². The Morgan fingerprint density at radius 1 is 1.16 bits per heavy atom. The van der Waals surface area contributed by atoms with Crippen LogP contribution in [-0.2, 0) is 0 Å². The number of benzene rings is 1. The number of nitrogens with zero attached hydrogens (tertiary/aromatic N) is 1. The van der Waals surface area contributed by atoms with Gasteiger partial charge in [-0.25, -0.2) is 0 Å². The van der Waals surface area contributed by atoms with E-state index in [1.807, 2.05) is 0 Å². The van der Waals surface area contributed by atoms with E-state index in [0.717, 1.165) is 12.6 Å². The summed E-state index contributed by atoms with van der Waals surface area (Å²) in [4.78, 5) is 2.72. The summed E-state index contributed by atoms with van der Waals surface area (Å²) in [6.07, 6.45) is 8.20. The van der Waals surface area contributed by atoms with Gasteiger partial charge in [-0.3, -0.25) is 0 Å². The lowest BCUT2D eigenvalue weighted by Gasteiger charge is -2.29. The SMILES string of the molecule is CCC1CCCCCN1CCCNc1ccccc1. The lowest BCUT2D eigenvalue weighted by Crippen LogP contribution is -2.35. The van der Waals surface area contributed by atoms with Crippen LogP contribution in [0.4, 0.5) is 5.69 Å². The van der Waals surface area contributed by atoms with Crippen LogP contribution in [-0.4, -0.2) is 30.6 Å². The van der Waals surface area contributed by atoms with E-state index >= 15 is 0 Å². The highest BCUT2D eigenvalue weighted by Gasteiger charge is 2.18. The fraction of sp³-hybridized carbons (Fsp3) is 0.647. The molecule has 0 aromatic heterocycles. The minimum absolute atomic E-state index is 0.833. The largest absolute Gasteiger partial charge is 0.385 e. The molecular weight excluding hydrogens is 232 g/mol. The van der Waals surface area contributed by atoms with Crippen molar-refractivity contribution < 1.29 is 0 Å². The number of hydrogen-bond donors (Lipinski definition) is 1. The van der Waals surface area contributed by atoms with E-state index in [1.54, 1.807) is 0 Å². The first kappa shape index (κ1) is 14.4. The Labute approximate surface area is 118 Å². The molecule has 0 radical (unpaired) electrons. The van der Waals surface area contributed by atoms with Crippen LogP contribution in [0.2, 0.25) is 0 Å². The highest BCUT2D eigenvalue weighted by atomic mass is 15.2. The zero-order chi connectivity index (χ0) is 13.3. The Morgan fingerprint density at radius 2 is 2.00 bits per heavy atom. The van der Waals surface area contributed by atoms with Crippen LogP contribution in [0.25, 0.3) is 0 Å². The average Bonchev–Trinajstić information content (AvgIpc) is 2.69. The molecule has 0 aliphatic carbocycles. The van der Waals surface area contributed by atoms with E-state index in [0.29, 0.717) is 0 Å². The molecule has 0 saturated carbocycles. The number of rotatable bonds is 6. The van der Waals surface area contributed by atoms with Crippen molar-refractivity contribution >= 4 is 5.69 Å². The molecule has 1 fully saturated rings. The zero-order valence-electron chi connectivity index (χ0n) is 12.3. The van der Waals surface area contributed by atoms with Crippen molar-refractivity contribution in [1.82, 2.24) is 4.90 Å². The summed E-state index contributed by atoms with van der Waals surface area (Å²) in [5.41, 5.74) is 1.24. The first-order valence-corrected chi connectivity index (χ1v) is 7.93. The van der Waals surface area contributed by atoms with Gasteiger partial charge in [0.15, 0.2) is 0 Å². The van der Waals surface area contributed by atoms with Crippen molar-refractivity contribution in [2.24, 2.45) is 0 Å². The third-order valence-corrected chi connectivity index (χ3v) is 4.20. The Kier molecular flexibility index (Phi) is 6.22. The lowest BCUT2D eigenvalue weighted by molar-refractivity contribution is 0.194. The van der Waals surface area contributed by atoms with Gasteiger partial charge < -0.3 is 10.2 Å². The van der Waals surface area contributed by atoms with Gasteiger partial charge in [0.2, 0.25) is 0 Å². The van der Waals surface area contributed by atoms with E-state index < -0.39 is 0 Å². The summed E-state index contributed by atoms with van der Waals surface area (Å²) < 4.78 is 0. The van der Waals surface area contributed by atoms with Crippen LogP contribution in [0.15, 0.2) is 30.3 Å². The van der Waals surface area contributed by atoms with Gasteiger partial charge in [0.1, 0.15) is 0 Å². The molecule has 1 heterocycles. The molecule has 0 amide bonds. The van der Waals surface area contributed by atoms with Gasteiger partial charge in [0.05, 0.1) is 0 Å². The molecule has 1 N–H and O–H groups in total. The van der Waals surface area contributed by atoms with Crippen LogP contribution >= 0.6 is 0 Å². The molecule has 2 nitrogen and oxygen atoms in total. The molecule has 1 aliphatic rings. The Bertz CT molecular complexity index is 336. The minimum atomic E-state index is 0.833. The summed E-state index contributed by atoms with van der Waals surface area (Å²) in [5.74, 6) is 0. The van der Waals surface area contributed by atoms with Gasteiger partial charge in [-0.1, -0.05) is 38.0 Å². The molecule has 1 aromatic carbocycles. The molecule has 1 aliphatic heterocycles.